The SMILES string of the molecule is CO[C@]1(O)C(n2cnc3c(N)nc(N)nc32)O[C@H](CO)[C@H]1O. The van der Waals surface area contributed by atoms with E-state index in [2.05, 4.69) is 15.0 Å². The number of ether oxygens (including phenoxy) is 2. The number of anilines is 2. The van der Waals surface area contributed by atoms with Gasteiger partial charge in [-0.25, -0.2) is 4.98 Å². The van der Waals surface area contributed by atoms with E-state index in [9.17, 15) is 15.3 Å². The average Bonchev–Trinajstić information content (AvgIpc) is 3.00. The molecule has 2 aromatic rings. The van der Waals surface area contributed by atoms with E-state index in [-0.39, 0.29) is 22.9 Å². The third-order valence-corrected chi connectivity index (χ3v) is 3.66. The summed E-state index contributed by atoms with van der Waals surface area (Å²) in [4.78, 5) is 11.8. The summed E-state index contributed by atoms with van der Waals surface area (Å²) in [6.45, 7) is -0.505. The lowest BCUT2D eigenvalue weighted by atomic mass is 10.1. The van der Waals surface area contributed by atoms with Crippen molar-refractivity contribution in [2.45, 2.75) is 24.2 Å². The van der Waals surface area contributed by atoms with Gasteiger partial charge >= 0.3 is 0 Å². The highest BCUT2D eigenvalue weighted by Gasteiger charge is 2.57. The molecule has 1 aliphatic heterocycles. The van der Waals surface area contributed by atoms with Gasteiger partial charge in [0.1, 0.15) is 17.7 Å². The van der Waals surface area contributed by atoms with E-state index in [1.165, 1.54) is 18.0 Å². The topological polar surface area (TPSA) is 175 Å². The minimum Gasteiger partial charge on any atom is -0.394 e. The fraction of sp³-hybridized carbons (Fsp3) is 0.545. The van der Waals surface area contributed by atoms with Gasteiger partial charge in [-0.05, 0) is 0 Å². The number of hydrogen-bond donors (Lipinski definition) is 5. The predicted molar refractivity (Wildman–Crippen MR) is 73.1 cm³/mol. The van der Waals surface area contributed by atoms with Crippen molar-refractivity contribution in [3.8, 4) is 0 Å². The first-order valence-electron chi connectivity index (χ1n) is 6.39. The molecular formula is C11H16N6O5. The Bertz CT molecular complexity index is 708. The highest BCUT2D eigenvalue weighted by atomic mass is 16.7. The van der Waals surface area contributed by atoms with Gasteiger partial charge in [-0.2, -0.15) is 9.97 Å². The second-order valence-corrected chi connectivity index (χ2v) is 4.90. The van der Waals surface area contributed by atoms with Gasteiger partial charge in [-0.1, -0.05) is 0 Å². The van der Waals surface area contributed by atoms with Crippen molar-refractivity contribution in [1.29, 1.82) is 0 Å². The van der Waals surface area contributed by atoms with Crippen LogP contribution in [0.5, 0.6) is 0 Å². The molecule has 3 rings (SSSR count). The van der Waals surface area contributed by atoms with Crippen LogP contribution in [0, 0.1) is 0 Å². The van der Waals surface area contributed by atoms with E-state index in [0.29, 0.717) is 0 Å². The summed E-state index contributed by atoms with van der Waals surface area (Å²) in [5.74, 6) is -2.11. The molecule has 3 heterocycles. The first-order valence-corrected chi connectivity index (χ1v) is 6.39. The number of aliphatic hydroxyl groups is 3. The van der Waals surface area contributed by atoms with Crippen molar-refractivity contribution in [2.75, 3.05) is 25.2 Å². The van der Waals surface area contributed by atoms with Gasteiger partial charge in [0.25, 0.3) is 0 Å². The molecule has 0 bridgehead atoms. The lowest BCUT2D eigenvalue weighted by molar-refractivity contribution is -0.264. The maximum absolute atomic E-state index is 10.5. The van der Waals surface area contributed by atoms with Gasteiger partial charge < -0.3 is 36.3 Å². The second kappa shape index (κ2) is 5.00. The van der Waals surface area contributed by atoms with Crippen LogP contribution in [-0.4, -0.2) is 66.6 Å². The van der Waals surface area contributed by atoms with Crippen molar-refractivity contribution in [3.63, 3.8) is 0 Å². The minimum absolute atomic E-state index is 0.0689. The Kier molecular flexibility index (Phi) is 3.38. The number of nitrogen functional groups attached to an aromatic ring is 2. The Balaban J connectivity index is 2.14. The molecule has 1 saturated heterocycles. The zero-order chi connectivity index (χ0) is 16.1. The molecule has 1 aliphatic rings. The van der Waals surface area contributed by atoms with Crippen LogP contribution in [0.3, 0.4) is 0 Å². The summed E-state index contributed by atoms with van der Waals surface area (Å²) in [6.07, 6.45) is -2.41. The quantitative estimate of drug-likeness (QED) is 0.383. The van der Waals surface area contributed by atoms with Crippen molar-refractivity contribution in [3.05, 3.63) is 6.33 Å². The molecule has 0 spiro atoms. The first-order chi connectivity index (χ1) is 10.4. The van der Waals surface area contributed by atoms with Crippen molar-refractivity contribution < 1.29 is 24.8 Å². The van der Waals surface area contributed by atoms with Gasteiger partial charge in [0.2, 0.25) is 11.7 Å². The number of nitrogens with two attached hydrogens (primary N) is 2. The smallest absolute Gasteiger partial charge is 0.241 e. The Morgan fingerprint density at radius 3 is 2.82 bits per heavy atom. The largest absolute Gasteiger partial charge is 0.394 e. The van der Waals surface area contributed by atoms with E-state index in [1.54, 1.807) is 0 Å². The zero-order valence-corrected chi connectivity index (χ0v) is 11.6. The third kappa shape index (κ3) is 1.91. The molecule has 120 valence electrons. The minimum atomic E-state index is -2.10. The van der Waals surface area contributed by atoms with E-state index in [1.807, 2.05) is 0 Å². The van der Waals surface area contributed by atoms with Gasteiger partial charge in [-0.15, -0.1) is 0 Å². The van der Waals surface area contributed by atoms with Crippen LogP contribution in [0.25, 0.3) is 11.2 Å². The molecule has 0 amide bonds. The third-order valence-electron chi connectivity index (χ3n) is 3.66. The molecule has 1 unspecified atom stereocenters. The number of hydrogen-bond acceptors (Lipinski definition) is 10. The van der Waals surface area contributed by atoms with Crippen LogP contribution < -0.4 is 11.5 Å². The molecule has 2 aromatic heterocycles. The van der Waals surface area contributed by atoms with E-state index in [4.69, 9.17) is 20.9 Å². The number of aliphatic hydroxyl groups excluding tert-OH is 2. The summed E-state index contributed by atoms with van der Waals surface area (Å²) < 4.78 is 11.8. The Morgan fingerprint density at radius 2 is 2.18 bits per heavy atom. The van der Waals surface area contributed by atoms with Crippen LogP contribution in [0.4, 0.5) is 11.8 Å². The normalized spacial score (nSPS) is 31.9. The van der Waals surface area contributed by atoms with Crippen LogP contribution in [-0.2, 0) is 9.47 Å². The van der Waals surface area contributed by atoms with E-state index < -0.39 is 30.8 Å². The molecular weight excluding hydrogens is 296 g/mol. The lowest BCUT2D eigenvalue weighted by Gasteiger charge is -2.29. The van der Waals surface area contributed by atoms with Crippen LogP contribution in [0.2, 0.25) is 0 Å². The van der Waals surface area contributed by atoms with Crippen LogP contribution >= 0.6 is 0 Å². The molecule has 0 aliphatic carbocycles. The lowest BCUT2D eigenvalue weighted by Crippen LogP contribution is -2.48. The summed E-state index contributed by atoms with van der Waals surface area (Å²) in [7, 11) is 1.20. The maximum atomic E-state index is 10.5. The van der Waals surface area contributed by atoms with Crippen molar-refractivity contribution in [1.82, 2.24) is 19.5 Å². The highest BCUT2D eigenvalue weighted by molar-refractivity contribution is 5.82. The standard InChI is InChI=1S/C11H16N6O5/c1-21-11(20)6(19)4(2-18)22-9(11)17-3-14-5-7(12)15-10(13)16-8(5)17/h3-4,6,9,18-20H,2H2,1H3,(H4,12,13,15,16)/t4-,6-,9?,11+/m1/s1. The number of rotatable bonds is 3. The van der Waals surface area contributed by atoms with Gasteiger partial charge in [0.05, 0.1) is 12.9 Å². The molecule has 22 heavy (non-hydrogen) atoms. The van der Waals surface area contributed by atoms with Gasteiger partial charge in [0, 0.05) is 7.11 Å². The fourth-order valence-electron chi connectivity index (χ4n) is 2.51. The van der Waals surface area contributed by atoms with Gasteiger partial charge in [-0.3, -0.25) is 4.57 Å². The van der Waals surface area contributed by atoms with Crippen LogP contribution in [0.15, 0.2) is 6.33 Å². The van der Waals surface area contributed by atoms with Crippen molar-refractivity contribution >= 4 is 22.9 Å². The number of methoxy groups -OCH3 is 1. The number of fused-ring (bicyclic) bond motifs is 1. The van der Waals surface area contributed by atoms with Crippen molar-refractivity contribution in [2.24, 2.45) is 0 Å². The molecule has 7 N–H and O–H groups in total. The maximum Gasteiger partial charge on any atom is 0.241 e. The number of imidazole rings is 1. The fourth-order valence-corrected chi connectivity index (χ4v) is 2.51. The number of aromatic nitrogens is 4. The van der Waals surface area contributed by atoms with Gasteiger partial charge in [0.15, 0.2) is 17.7 Å². The Hall–Kier alpha value is -2.05. The van der Waals surface area contributed by atoms with E-state index in [0.717, 1.165) is 0 Å². The summed E-state index contributed by atoms with van der Waals surface area (Å²) in [6, 6.07) is 0. The summed E-state index contributed by atoms with van der Waals surface area (Å²) in [5.41, 5.74) is 11.8. The zero-order valence-electron chi connectivity index (χ0n) is 11.6. The van der Waals surface area contributed by atoms with Crippen LogP contribution in [0.1, 0.15) is 6.23 Å². The molecule has 1 fully saturated rings. The average molecular weight is 312 g/mol. The molecule has 4 atom stereocenters. The van der Waals surface area contributed by atoms with E-state index >= 15 is 0 Å². The molecule has 11 heteroatoms. The Labute approximate surface area is 124 Å². The summed E-state index contributed by atoms with van der Waals surface area (Å²) >= 11 is 0. The molecule has 0 saturated carbocycles. The molecule has 0 radical (unpaired) electrons. The number of nitrogens with zero attached hydrogens (tertiary/aromatic N) is 4. The monoisotopic (exact) mass is 312 g/mol. The molecule has 0 aromatic carbocycles. The molecule has 11 nitrogen and oxygen atoms in total. The Morgan fingerprint density at radius 1 is 1.45 bits per heavy atom. The first kappa shape index (κ1) is 14.9. The summed E-state index contributed by atoms with van der Waals surface area (Å²) in [5, 5.41) is 29.9. The predicted octanol–water partition coefficient (Wildman–Crippen LogP) is -2.42. The second-order valence-electron chi connectivity index (χ2n) is 4.90. The highest BCUT2D eigenvalue weighted by Crippen LogP contribution is 2.40.